The summed E-state index contributed by atoms with van der Waals surface area (Å²) in [4.78, 5) is 37.2. The van der Waals surface area contributed by atoms with Gasteiger partial charge in [-0.15, -0.1) is 0 Å². The number of esters is 1. The molecular weight excluding hydrogens is 600 g/mol. The van der Waals surface area contributed by atoms with Crippen molar-refractivity contribution in [1.29, 1.82) is 0 Å². The van der Waals surface area contributed by atoms with Gasteiger partial charge in [-0.1, -0.05) is 0 Å². The van der Waals surface area contributed by atoms with Gasteiger partial charge in [-0.05, 0) is 40.8 Å². The van der Waals surface area contributed by atoms with Crippen LogP contribution in [0.4, 0.5) is 0 Å². The fourth-order valence-electron chi connectivity index (χ4n) is 5.57. The number of aliphatic hydroxyl groups excluding tert-OH is 3. The number of carboxylic acid groups (broad SMARTS) is 1. The van der Waals surface area contributed by atoms with Crippen molar-refractivity contribution in [3.05, 3.63) is 63.3 Å². The molecule has 3 aromatic rings. The zero-order valence-electron chi connectivity index (χ0n) is 23.1. The minimum atomic E-state index is -2.48. The quantitative estimate of drug-likeness (QED) is 0.101. The third-order valence-corrected chi connectivity index (χ3v) is 7.87. The van der Waals surface area contributed by atoms with Crippen LogP contribution in [-0.4, -0.2) is 93.0 Å². The summed E-state index contributed by atoms with van der Waals surface area (Å²) < 4.78 is 10.9. The molecule has 10 N–H and O–H groups in total. The highest BCUT2D eigenvalue weighted by molar-refractivity contribution is 5.99. The average molecular weight is 629 g/mol. The molecule has 6 atom stereocenters. The molecule has 0 radical (unpaired) electrons. The molecular formula is C30H28O15. The molecule has 238 valence electrons. The number of phenolic OH excluding ortho intramolecular Hbond substituents is 4. The number of rotatable bonds is 5. The van der Waals surface area contributed by atoms with Gasteiger partial charge in [0, 0.05) is 43.0 Å². The Morgan fingerprint density at radius 2 is 1.62 bits per heavy atom. The van der Waals surface area contributed by atoms with E-state index in [1.165, 1.54) is 12.1 Å². The van der Waals surface area contributed by atoms with Crippen molar-refractivity contribution in [1.82, 2.24) is 0 Å². The van der Waals surface area contributed by atoms with Gasteiger partial charge in [0.2, 0.25) is 5.43 Å². The van der Waals surface area contributed by atoms with Gasteiger partial charge < -0.3 is 60.5 Å². The first-order chi connectivity index (χ1) is 21.1. The van der Waals surface area contributed by atoms with E-state index in [9.17, 15) is 65.4 Å². The number of aromatic hydroxyl groups is 5. The first-order valence-electron chi connectivity index (χ1n) is 13.5. The van der Waals surface area contributed by atoms with Crippen molar-refractivity contribution in [2.75, 3.05) is 0 Å². The summed E-state index contributed by atoms with van der Waals surface area (Å²) in [5, 5.41) is 101. The number of aliphatic carboxylic acids is 1. The number of phenols is 4. The summed E-state index contributed by atoms with van der Waals surface area (Å²) in [7, 11) is 0. The van der Waals surface area contributed by atoms with Crippen molar-refractivity contribution in [3.8, 4) is 34.5 Å². The van der Waals surface area contributed by atoms with Gasteiger partial charge in [0.1, 0.15) is 35.6 Å². The van der Waals surface area contributed by atoms with Crippen LogP contribution >= 0.6 is 0 Å². The van der Waals surface area contributed by atoms with E-state index in [4.69, 9.17) is 9.47 Å². The molecule has 45 heavy (non-hydrogen) atoms. The number of hydrogen-bond acceptors (Lipinski definition) is 14. The first kappa shape index (κ1) is 31.3. The van der Waals surface area contributed by atoms with Gasteiger partial charge in [0.25, 0.3) is 0 Å². The van der Waals surface area contributed by atoms with E-state index in [-0.39, 0.29) is 45.7 Å². The molecule has 0 bridgehead atoms. The molecule has 0 spiro atoms. The average Bonchev–Trinajstić information content (AvgIpc) is 3.08. The van der Waals surface area contributed by atoms with E-state index >= 15 is 0 Å². The summed E-state index contributed by atoms with van der Waals surface area (Å²) in [6, 6.07) is 5.41. The van der Waals surface area contributed by atoms with Gasteiger partial charge in [-0.3, -0.25) is 4.79 Å². The molecule has 5 rings (SSSR count). The lowest BCUT2D eigenvalue weighted by Gasteiger charge is -2.39. The van der Waals surface area contributed by atoms with Crippen molar-refractivity contribution in [2.24, 2.45) is 0 Å². The normalized spacial score (nSPS) is 26.3. The Labute approximate surface area is 252 Å². The number of carbonyl (C=O) groups excluding carboxylic acids is 1. The summed E-state index contributed by atoms with van der Waals surface area (Å²) in [5.41, 5.74) is -3.55. The first-order valence-corrected chi connectivity index (χ1v) is 13.5. The van der Waals surface area contributed by atoms with Crippen LogP contribution in [0.25, 0.3) is 16.8 Å². The fraction of sp³-hybridized carbons (Fsp3) is 0.300. The Bertz CT molecular complexity index is 1800. The highest BCUT2D eigenvalue weighted by atomic mass is 16.6. The van der Waals surface area contributed by atoms with Crippen molar-refractivity contribution in [2.45, 2.75) is 55.4 Å². The molecule has 1 aliphatic heterocycles. The van der Waals surface area contributed by atoms with E-state index in [1.807, 2.05) is 0 Å². The molecule has 1 aliphatic carbocycles. The minimum Gasteiger partial charge on any atom is -0.508 e. The Morgan fingerprint density at radius 1 is 0.911 bits per heavy atom. The SMILES string of the molecule is O=C(/C=C/c1cc(O)c(O)c2c(=O)c(O)cc([C@H]3Oc4cc(O)cc(O)c4C[C@H]3O)cc12)O[C@H]1C[C@](O)(C(=O)O)C[C@@H](O)[C@H]1O. The van der Waals surface area contributed by atoms with Crippen LogP contribution in [0.5, 0.6) is 34.5 Å². The fourth-order valence-corrected chi connectivity index (χ4v) is 5.57. The highest BCUT2D eigenvalue weighted by Gasteiger charge is 2.50. The van der Waals surface area contributed by atoms with Gasteiger partial charge in [0.15, 0.2) is 22.8 Å². The lowest BCUT2D eigenvalue weighted by Crippen LogP contribution is -2.57. The summed E-state index contributed by atoms with van der Waals surface area (Å²) in [6.45, 7) is 0. The van der Waals surface area contributed by atoms with E-state index in [1.54, 1.807) is 0 Å². The van der Waals surface area contributed by atoms with E-state index in [2.05, 4.69) is 0 Å². The van der Waals surface area contributed by atoms with Gasteiger partial charge >= 0.3 is 11.9 Å². The number of carbonyl (C=O) groups is 2. The topological polar surface area (TPSA) is 272 Å². The maximum atomic E-state index is 13.1. The van der Waals surface area contributed by atoms with Crippen LogP contribution in [0.1, 0.15) is 35.6 Å². The number of carboxylic acids is 1. The Balaban J connectivity index is 1.55. The molecule has 1 fully saturated rings. The van der Waals surface area contributed by atoms with Crippen LogP contribution in [0.15, 0.2) is 41.2 Å². The Morgan fingerprint density at radius 3 is 2.31 bits per heavy atom. The molecule has 15 nitrogen and oxygen atoms in total. The third-order valence-electron chi connectivity index (χ3n) is 7.87. The molecule has 1 saturated carbocycles. The van der Waals surface area contributed by atoms with Crippen molar-refractivity contribution < 1.29 is 70.1 Å². The predicted octanol–water partition coefficient (Wildman–Crippen LogP) is 0.0214. The van der Waals surface area contributed by atoms with E-state index < -0.39 is 89.0 Å². The maximum Gasteiger partial charge on any atom is 0.335 e. The lowest BCUT2D eigenvalue weighted by molar-refractivity contribution is -0.196. The summed E-state index contributed by atoms with van der Waals surface area (Å²) in [5.74, 6) is -6.18. The second-order valence-electron chi connectivity index (χ2n) is 11.0. The highest BCUT2D eigenvalue weighted by Crippen LogP contribution is 2.43. The van der Waals surface area contributed by atoms with Gasteiger partial charge in [-0.2, -0.15) is 0 Å². The second kappa shape index (κ2) is 11.4. The zero-order valence-corrected chi connectivity index (χ0v) is 23.1. The Hall–Kier alpha value is -5.09. The van der Waals surface area contributed by atoms with Crippen LogP contribution in [-0.2, 0) is 20.7 Å². The van der Waals surface area contributed by atoms with Crippen LogP contribution in [0.3, 0.4) is 0 Å². The standard InChI is InChI=1S/C30H28O15/c31-13-6-16(32)15-8-19(35)28(45-21(15)7-13)12-3-14-11(4-17(33)26(39)24(14)27(40)18(34)5-12)1-2-23(37)44-22-10-30(43,29(41)42)9-20(36)25(22)38/h1-7,19-20,22,25,28,31-33,35-36,38-39,43H,8-10H2,(H,34,40)(H,41,42)/b2-1+/t19-,20-,22+,25-,28-,30+/m1/s1. The zero-order chi connectivity index (χ0) is 33.0. The smallest absolute Gasteiger partial charge is 0.335 e. The number of aliphatic hydroxyl groups is 4. The number of benzene rings is 2. The van der Waals surface area contributed by atoms with Crippen LogP contribution in [0, 0.1) is 0 Å². The molecule has 0 aromatic heterocycles. The van der Waals surface area contributed by atoms with E-state index in [0.717, 1.165) is 30.4 Å². The molecule has 0 unspecified atom stereocenters. The molecule has 0 saturated heterocycles. The van der Waals surface area contributed by atoms with Gasteiger partial charge in [0.05, 0.1) is 17.6 Å². The van der Waals surface area contributed by atoms with Crippen LogP contribution in [0.2, 0.25) is 0 Å². The number of hydrogen-bond donors (Lipinski definition) is 10. The lowest BCUT2D eigenvalue weighted by atomic mass is 9.79. The maximum absolute atomic E-state index is 13.1. The molecule has 0 amide bonds. The number of fused-ring (bicyclic) bond motifs is 2. The predicted molar refractivity (Wildman–Crippen MR) is 151 cm³/mol. The summed E-state index contributed by atoms with van der Waals surface area (Å²) >= 11 is 0. The summed E-state index contributed by atoms with van der Waals surface area (Å²) in [6.07, 6.45) is -7.50. The second-order valence-corrected chi connectivity index (χ2v) is 11.0. The van der Waals surface area contributed by atoms with Crippen molar-refractivity contribution in [3.63, 3.8) is 0 Å². The largest absolute Gasteiger partial charge is 0.508 e. The molecule has 1 heterocycles. The number of ether oxygens (including phenoxy) is 2. The van der Waals surface area contributed by atoms with E-state index in [0.29, 0.717) is 0 Å². The third kappa shape index (κ3) is 5.76. The monoisotopic (exact) mass is 628 g/mol. The van der Waals surface area contributed by atoms with Crippen molar-refractivity contribution >= 4 is 28.8 Å². The molecule has 15 heteroatoms. The molecule has 3 aromatic carbocycles. The minimum absolute atomic E-state index is 0.00798. The van der Waals surface area contributed by atoms with Crippen LogP contribution < -0.4 is 10.2 Å². The molecule has 2 aliphatic rings. The Kier molecular flexibility index (Phi) is 7.97. The van der Waals surface area contributed by atoms with Gasteiger partial charge in [-0.25, -0.2) is 9.59 Å².